The highest BCUT2D eigenvalue weighted by Crippen LogP contribution is 2.10. The van der Waals surface area contributed by atoms with Crippen LogP contribution in [0.5, 0.6) is 0 Å². The van der Waals surface area contributed by atoms with Crippen molar-refractivity contribution < 1.29 is 14.6 Å². The lowest BCUT2D eigenvalue weighted by Gasteiger charge is -2.23. The van der Waals surface area contributed by atoms with E-state index in [1.807, 2.05) is 7.05 Å². The van der Waals surface area contributed by atoms with Crippen LogP contribution in [-0.2, 0) is 9.47 Å². The largest absolute Gasteiger partial charge is 0.395 e. The van der Waals surface area contributed by atoms with Gasteiger partial charge in [-0.05, 0) is 26.3 Å². The zero-order valence-corrected chi connectivity index (χ0v) is 8.87. The summed E-state index contributed by atoms with van der Waals surface area (Å²) in [5.41, 5.74) is 0. The molecule has 1 aliphatic heterocycles. The molecule has 4 heteroatoms. The van der Waals surface area contributed by atoms with E-state index in [4.69, 9.17) is 14.6 Å². The molecule has 4 nitrogen and oxygen atoms in total. The Morgan fingerprint density at radius 2 is 2.21 bits per heavy atom. The number of rotatable bonds is 6. The Bertz CT molecular complexity index is 133. The van der Waals surface area contributed by atoms with Gasteiger partial charge in [0.25, 0.3) is 0 Å². The van der Waals surface area contributed by atoms with Gasteiger partial charge in [0.1, 0.15) is 0 Å². The first-order valence-electron chi connectivity index (χ1n) is 5.34. The van der Waals surface area contributed by atoms with Crippen molar-refractivity contribution in [2.45, 2.75) is 31.4 Å². The summed E-state index contributed by atoms with van der Waals surface area (Å²) in [6.07, 6.45) is 3.23. The summed E-state index contributed by atoms with van der Waals surface area (Å²) in [6, 6.07) is 0.162. The van der Waals surface area contributed by atoms with E-state index >= 15 is 0 Å². The Balaban J connectivity index is 2.01. The van der Waals surface area contributed by atoms with E-state index in [-0.39, 0.29) is 12.6 Å². The standard InChI is InChI=1S/C10H21NO3/c1-11-9(8-12)2-7-14-10-3-5-13-6-4-10/h9-12H,2-8H2,1H3. The van der Waals surface area contributed by atoms with Crippen LogP contribution in [0.3, 0.4) is 0 Å². The van der Waals surface area contributed by atoms with Gasteiger partial charge < -0.3 is 19.9 Å². The summed E-state index contributed by atoms with van der Waals surface area (Å²) in [5, 5.41) is 12.0. The molecule has 0 aromatic carbocycles. The number of nitrogens with one attached hydrogen (secondary N) is 1. The van der Waals surface area contributed by atoms with Crippen LogP contribution in [0.25, 0.3) is 0 Å². The van der Waals surface area contributed by atoms with Crippen molar-refractivity contribution in [3.05, 3.63) is 0 Å². The SMILES string of the molecule is CNC(CO)CCOC1CCOCC1. The van der Waals surface area contributed by atoms with Crippen molar-refractivity contribution in [1.82, 2.24) is 5.32 Å². The van der Waals surface area contributed by atoms with Crippen molar-refractivity contribution >= 4 is 0 Å². The van der Waals surface area contributed by atoms with Gasteiger partial charge in [-0.1, -0.05) is 0 Å². The Kier molecular flexibility index (Phi) is 6.10. The fraction of sp³-hybridized carbons (Fsp3) is 1.00. The van der Waals surface area contributed by atoms with Gasteiger partial charge in [0.05, 0.1) is 12.7 Å². The Hall–Kier alpha value is -0.160. The Labute approximate surface area is 85.6 Å². The first kappa shape index (κ1) is 11.9. The minimum absolute atomic E-state index is 0.162. The number of aliphatic hydroxyl groups excluding tert-OH is 1. The summed E-state index contributed by atoms with van der Waals surface area (Å²) in [7, 11) is 1.86. The van der Waals surface area contributed by atoms with Crippen LogP contribution in [0, 0.1) is 0 Å². The molecule has 1 heterocycles. The molecule has 0 aromatic heterocycles. The lowest BCUT2D eigenvalue weighted by molar-refractivity contribution is -0.0348. The lowest BCUT2D eigenvalue weighted by atomic mass is 10.1. The van der Waals surface area contributed by atoms with Gasteiger partial charge in [-0.25, -0.2) is 0 Å². The second kappa shape index (κ2) is 7.17. The smallest absolute Gasteiger partial charge is 0.0619 e. The molecule has 0 bridgehead atoms. The van der Waals surface area contributed by atoms with Crippen molar-refractivity contribution in [3.63, 3.8) is 0 Å². The average Bonchev–Trinajstić information content (AvgIpc) is 2.26. The molecule has 1 saturated heterocycles. The molecule has 84 valence electrons. The molecule has 0 aromatic rings. The first-order chi connectivity index (χ1) is 6.86. The van der Waals surface area contributed by atoms with Crippen LogP contribution in [0.1, 0.15) is 19.3 Å². The van der Waals surface area contributed by atoms with Crippen LogP contribution in [0.4, 0.5) is 0 Å². The molecule has 0 radical (unpaired) electrons. The van der Waals surface area contributed by atoms with Crippen molar-refractivity contribution in [3.8, 4) is 0 Å². The van der Waals surface area contributed by atoms with Gasteiger partial charge in [-0.15, -0.1) is 0 Å². The van der Waals surface area contributed by atoms with Gasteiger partial charge in [0.2, 0.25) is 0 Å². The normalized spacial score (nSPS) is 21.0. The van der Waals surface area contributed by atoms with E-state index in [1.165, 1.54) is 0 Å². The molecule has 14 heavy (non-hydrogen) atoms. The van der Waals surface area contributed by atoms with E-state index in [1.54, 1.807) is 0 Å². The molecule has 1 unspecified atom stereocenters. The maximum absolute atomic E-state index is 8.92. The van der Waals surface area contributed by atoms with Crippen LogP contribution in [0.15, 0.2) is 0 Å². The zero-order valence-electron chi connectivity index (χ0n) is 8.87. The summed E-state index contributed by atoms with van der Waals surface area (Å²) in [5.74, 6) is 0. The predicted octanol–water partition coefficient (Wildman–Crippen LogP) is 0.152. The number of hydrogen-bond acceptors (Lipinski definition) is 4. The molecule has 0 saturated carbocycles. The fourth-order valence-corrected chi connectivity index (χ4v) is 1.55. The second-order valence-electron chi connectivity index (χ2n) is 3.64. The minimum atomic E-state index is 0.162. The third-order valence-electron chi connectivity index (χ3n) is 2.62. The molecule has 0 spiro atoms. The van der Waals surface area contributed by atoms with Crippen LogP contribution in [0.2, 0.25) is 0 Å². The first-order valence-corrected chi connectivity index (χ1v) is 5.34. The molecular formula is C10H21NO3. The third kappa shape index (κ3) is 4.37. The van der Waals surface area contributed by atoms with E-state index in [0.29, 0.717) is 6.10 Å². The van der Waals surface area contributed by atoms with Gasteiger partial charge >= 0.3 is 0 Å². The third-order valence-corrected chi connectivity index (χ3v) is 2.62. The maximum Gasteiger partial charge on any atom is 0.0619 e. The summed E-state index contributed by atoms with van der Waals surface area (Å²) in [4.78, 5) is 0. The number of aliphatic hydroxyl groups is 1. The molecule has 0 aliphatic carbocycles. The van der Waals surface area contributed by atoms with Crippen LogP contribution < -0.4 is 5.32 Å². The van der Waals surface area contributed by atoms with Crippen molar-refractivity contribution in [2.24, 2.45) is 0 Å². The highest BCUT2D eigenvalue weighted by molar-refractivity contribution is 4.65. The maximum atomic E-state index is 8.92. The quantitative estimate of drug-likeness (QED) is 0.645. The fourth-order valence-electron chi connectivity index (χ4n) is 1.55. The van der Waals surface area contributed by atoms with Gasteiger partial charge in [0, 0.05) is 25.9 Å². The lowest BCUT2D eigenvalue weighted by Crippen LogP contribution is -2.31. The summed E-state index contributed by atoms with van der Waals surface area (Å²) >= 11 is 0. The van der Waals surface area contributed by atoms with Crippen molar-refractivity contribution in [1.29, 1.82) is 0 Å². The topological polar surface area (TPSA) is 50.7 Å². The van der Waals surface area contributed by atoms with Crippen LogP contribution in [-0.4, -0.2) is 50.7 Å². The molecular weight excluding hydrogens is 182 g/mol. The average molecular weight is 203 g/mol. The number of likely N-dealkylation sites (N-methyl/N-ethyl adjacent to an activating group) is 1. The highest BCUT2D eigenvalue weighted by Gasteiger charge is 2.14. The highest BCUT2D eigenvalue weighted by atomic mass is 16.5. The van der Waals surface area contributed by atoms with E-state index in [2.05, 4.69) is 5.32 Å². The Morgan fingerprint density at radius 1 is 1.50 bits per heavy atom. The molecule has 1 aliphatic rings. The molecule has 2 N–H and O–H groups in total. The van der Waals surface area contributed by atoms with E-state index < -0.39 is 0 Å². The van der Waals surface area contributed by atoms with Gasteiger partial charge in [-0.2, -0.15) is 0 Å². The predicted molar refractivity (Wildman–Crippen MR) is 54.3 cm³/mol. The van der Waals surface area contributed by atoms with E-state index in [9.17, 15) is 0 Å². The molecule has 0 amide bonds. The zero-order chi connectivity index (χ0) is 10.2. The summed E-state index contributed by atoms with van der Waals surface area (Å²) < 4.78 is 10.9. The molecule has 1 rings (SSSR count). The Morgan fingerprint density at radius 3 is 2.79 bits per heavy atom. The minimum Gasteiger partial charge on any atom is -0.395 e. The van der Waals surface area contributed by atoms with Gasteiger partial charge in [-0.3, -0.25) is 0 Å². The monoisotopic (exact) mass is 203 g/mol. The molecule has 1 atom stereocenters. The molecule has 1 fully saturated rings. The number of ether oxygens (including phenoxy) is 2. The second-order valence-corrected chi connectivity index (χ2v) is 3.64. The van der Waals surface area contributed by atoms with Crippen LogP contribution >= 0.6 is 0 Å². The van der Waals surface area contributed by atoms with Crippen molar-refractivity contribution in [2.75, 3.05) is 33.5 Å². The van der Waals surface area contributed by atoms with E-state index in [0.717, 1.165) is 39.1 Å². The van der Waals surface area contributed by atoms with Gasteiger partial charge in [0.15, 0.2) is 0 Å². The number of hydrogen-bond donors (Lipinski definition) is 2. The summed E-state index contributed by atoms with van der Waals surface area (Å²) in [6.45, 7) is 2.53.